The van der Waals surface area contributed by atoms with Crippen molar-refractivity contribution in [3.63, 3.8) is 0 Å². The molecule has 7 heteroatoms. The topological polar surface area (TPSA) is 77.9 Å². The standard InChI is InChI=1S/C15H28N2O4S/c1-13(14(18)19)12-16(2)22(20,21)17-10-8-15(9-11-17)6-4-3-5-7-15/h13H,3-12H2,1-2H3,(H,18,19). The third kappa shape index (κ3) is 3.81. The molecule has 0 radical (unpaired) electrons. The summed E-state index contributed by atoms with van der Waals surface area (Å²) in [6, 6.07) is 0. The van der Waals surface area contributed by atoms with E-state index in [1.807, 2.05) is 0 Å². The van der Waals surface area contributed by atoms with Gasteiger partial charge in [0.25, 0.3) is 10.2 Å². The van der Waals surface area contributed by atoms with Crippen molar-refractivity contribution in [1.82, 2.24) is 8.61 Å². The van der Waals surface area contributed by atoms with Gasteiger partial charge in [0.1, 0.15) is 0 Å². The fraction of sp³-hybridized carbons (Fsp3) is 0.933. The van der Waals surface area contributed by atoms with Crippen molar-refractivity contribution in [2.75, 3.05) is 26.7 Å². The normalized spacial score (nSPS) is 24.5. The number of hydrogen-bond donors (Lipinski definition) is 1. The van der Waals surface area contributed by atoms with Crippen LogP contribution in [0.5, 0.6) is 0 Å². The highest BCUT2D eigenvalue weighted by Gasteiger charge is 2.39. The van der Waals surface area contributed by atoms with Crippen molar-refractivity contribution in [3.8, 4) is 0 Å². The molecule has 1 saturated heterocycles. The van der Waals surface area contributed by atoms with Gasteiger partial charge in [0.15, 0.2) is 0 Å². The van der Waals surface area contributed by atoms with E-state index in [0.29, 0.717) is 18.5 Å². The van der Waals surface area contributed by atoms with Crippen LogP contribution in [0.25, 0.3) is 0 Å². The van der Waals surface area contributed by atoms with Gasteiger partial charge in [-0.05, 0) is 31.1 Å². The van der Waals surface area contributed by atoms with Crippen LogP contribution in [0.2, 0.25) is 0 Å². The average Bonchev–Trinajstić information content (AvgIpc) is 2.48. The Morgan fingerprint density at radius 1 is 1.18 bits per heavy atom. The SMILES string of the molecule is CC(CN(C)S(=O)(=O)N1CCC2(CCCCC2)CC1)C(=O)O. The van der Waals surface area contributed by atoms with Crippen LogP contribution < -0.4 is 0 Å². The largest absolute Gasteiger partial charge is 0.481 e. The molecule has 1 heterocycles. The van der Waals surface area contributed by atoms with E-state index in [2.05, 4.69) is 0 Å². The van der Waals surface area contributed by atoms with Crippen molar-refractivity contribution in [3.05, 3.63) is 0 Å². The molecule has 0 aromatic heterocycles. The molecule has 1 aliphatic carbocycles. The lowest BCUT2D eigenvalue weighted by atomic mass is 9.68. The Balaban J connectivity index is 1.95. The smallest absolute Gasteiger partial charge is 0.307 e. The molecule has 2 rings (SSSR count). The van der Waals surface area contributed by atoms with Gasteiger partial charge >= 0.3 is 5.97 Å². The minimum atomic E-state index is -3.54. The van der Waals surface area contributed by atoms with E-state index in [1.54, 1.807) is 0 Å². The summed E-state index contributed by atoms with van der Waals surface area (Å²) < 4.78 is 27.9. The van der Waals surface area contributed by atoms with Gasteiger partial charge in [-0.1, -0.05) is 26.2 Å². The average molecular weight is 332 g/mol. The zero-order chi connectivity index (χ0) is 16.4. The van der Waals surface area contributed by atoms with Crippen molar-refractivity contribution in [2.45, 2.75) is 51.9 Å². The lowest BCUT2D eigenvalue weighted by Crippen LogP contribution is -2.49. The lowest BCUT2D eigenvalue weighted by molar-refractivity contribution is -0.141. The summed E-state index contributed by atoms with van der Waals surface area (Å²) >= 11 is 0. The third-order valence-electron chi connectivity index (χ3n) is 5.37. The zero-order valence-electron chi connectivity index (χ0n) is 13.6. The Bertz CT molecular complexity index is 490. The van der Waals surface area contributed by atoms with Gasteiger partial charge in [0, 0.05) is 26.7 Å². The number of carbonyl (C=O) groups is 1. The van der Waals surface area contributed by atoms with Crippen LogP contribution in [0.4, 0.5) is 0 Å². The van der Waals surface area contributed by atoms with Crippen LogP contribution in [0.1, 0.15) is 51.9 Å². The van der Waals surface area contributed by atoms with E-state index in [4.69, 9.17) is 5.11 Å². The van der Waals surface area contributed by atoms with Gasteiger partial charge in [-0.2, -0.15) is 17.0 Å². The van der Waals surface area contributed by atoms with Crippen molar-refractivity contribution in [2.24, 2.45) is 11.3 Å². The maximum absolute atomic E-state index is 12.6. The second-order valence-corrected chi connectivity index (χ2v) is 9.02. The van der Waals surface area contributed by atoms with Gasteiger partial charge in [-0.25, -0.2) is 0 Å². The summed E-state index contributed by atoms with van der Waals surface area (Å²) in [6.07, 6.45) is 8.17. The van der Waals surface area contributed by atoms with Gasteiger partial charge in [-0.15, -0.1) is 0 Å². The summed E-state index contributed by atoms with van der Waals surface area (Å²) in [7, 11) is -2.07. The summed E-state index contributed by atoms with van der Waals surface area (Å²) in [5.41, 5.74) is 0.358. The molecule has 1 saturated carbocycles. The van der Waals surface area contributed by atoms with Crippen molar-refractivity contribution >= 4 is 16.2 Å². The summed E-state index contributed by atoms with van der Waals surface area (Å²) in [5, 5.41) is 8.94. The van der Waals surface area contributed by atoms with E-state index in [1.165, 1.54) is 54.7 Å². The van der Waals surface area contributed by atoms with Crippen LogP contribution >= 0.6 is 0 Å². The molecular weight excluding hydrogens is 304 g/mol. The molecule has 2 fully saturated rings. The number of carboxylic acids is 1. The van der Waals surface area contributed by atoms with Gasteiger partial charge in [0.05, 0.1) is 5.92 Å². The second-order valence-electron chi connectivity index (χ2n) is 6.99. The Morgan fingerprint density at radius 2 is 1.73 bits per heavy atom. The minimum absolute atomic E-state index is 0.0132. The molecule has 2 aliphatic rings. The van der Waals surface area contributed by atoms with E-state index in [0.717, 1.165) is 12.8 Å². The second kappa shape index (κ2) is 6.84. The Kier molecular flexibility index (Phi) is 5.50. The highest BCUT2D eigenvalue weighted by Crippen LogP contribution is 2.44. The molecule has 1 spiro atoms. The molecule has 6 nitrogen and oxygen atoms in total. The number of aliphatic carboxylic acids is 1. The first-order valence-electron chi connectivity index (χ1n) is 8.21. The maximum Gasteiger partial charge on any atom is 0.307 e. The monoisotopic (exact) mass is 332 g/mol. The lowest BCUT2D eigenvalue weighted by Gasteiger charge is -2.44. The fourth-order valence-electron chi connectivity index (χ4n) is 3.75. The molecule has 22 heavy (non-hydrogen) atoms. The first kappa shape index (κ1) is 17.7. The van der Waals surface area contributed by atoms with E-state index >= 15 is 0 Å². The van der Waals surface area contributed by atoms with Crippen LogP contribution in [0.3, 0.4) is 0 Å². The number of hydrogen-bond acceptors (Lipinski definition) is 3. The van der Waals surface area contributed by atoms with Crippen LogP contribution in [-0.2, 0) is 15.0 Å². The zero-order valence-corrected chi connectivity index (χ0v) is 14.4. The molecule has 0 amide bonds. The Labute approximate surface area is 133 Å². The van der Waals surface area contributed by atoms with Crippen molar-refractivity contribution in [1.29, 1.82) is 0 Å². The Hall–Kier alpha value is -0.660. The molecule has 1 unspecified atom stereocenters. The van der Waals surface area contributed by atoms with Crippen LogP contribution in [0, 0.1) is 11.3 Å². The number of piperidine rings is 1. The van der Waals surface area contributed by atoms with Gasteiger partial charge < -0.3 is 5.11 Å². The predicted octanol–water partition coefficient (Wildman–Crippen LogP) is 1.93. The summed E-state index contributed by atoms with van der Waals surface area (Å²) in [6.45, 7) is 2.67. The molecule has 0 bridgehead atoms. The maximum atomic E-state index is 12.6. The minimum Gasteiger partial charge on any atom is -0.481 e. The third-order valence-corrected chi connectivity index (χ3v) is 7.32. The first-order chi connectivity index (χ1) is 10.3. The van der Waals surface area contributed by atoms with Gasteiger partial charge in [-0.3, -0.25) is 4.79 Å². The summed E-state index contributed by atoms with van der Waals surface area (Å²) in [5.74, 6) is -1.67. The molecular formula is C15H28N2O4S. The van der Waals surface area contributed by atoms with E-state index in [9.17, 15) is 13.2 Å². The molecule has 128 valence electrons. The number of rotatable bonds is 5. The molecule has 1 atom stereocenters. The van der Waals surface area contributed by atoms with Crippen LogP contribution in [0.15, 0.2) is 0 Å². The van der Waals surface area contributed by atoms with Gasteiger partial charge in [0.2, 0.25) is 0 Å². The highest BCUT2D eigenvalue weighted by atomic mass is 32.2. The quantitative estimate of drug-likeness (QED) is 0.834. The summed E-state index contributed by atoms with van der Waals surface area (Å²) in [4.78, 5) is 10.9. The molecule has 0 aromatic rings. The van der Waals surface area contributed by atoms with E-state index < -0.39 is 22.1 Å². The van der Waals surface area contributed by atoms with E-state index in [-0.39, 0.29) is 6.54 Å². The number of nitrogens with zero attached hydrogens (tertiary/aromatic N) is 2. The number of carboxylic acid groups (broad SMARTS) is 1. The van der Waals surface area contributed by atoms with Crippen molar-refractivity contribution < 1.29 is 18.3 Å². The Morgan fingerprint density at radius 3 is 2.23 bits per heavy atom. The fourth-order valence-corrected chi connectivity index (χ4v) is 5.20. The first-order valence-corrected chi connectivity index (χ1v) is 9.61. The predicted molar refractivity (Wildman–Crippen MR) is 84.7 cm³/mol. The van der Waals surface area contributed by atoms with Crippen LogP contribution in [-0.4, -0.2) is 54.8 Å². The molecule has 1 aliphatic heterocycles. The highest BCUT2D eigenvalue weighted by molar-refractivity contribution is 7.86. The molecule has 0 aromatic carbocycles. The molecule has 1 N–H and O–H groups in total.